The number of rotatable bonds is 4. The fraction of sp³-hybridized carbons (Fsp3) is 0.800. The van der Waals surface area contributed by atoms with E-state index in [1.165, 1.54) is 0 Å². The van der Waals surface area contributed by atoms with Crippen LogP contribution in [0.1, 0.15) is 45.5 Å². The van der Waals surface area contributed by atoms with Crippen molar-refractivity contribution in [3.63, 3.8) is 0 Å². The van der Waals surface area contributed by atoms with Crippen molar-refractivity contribution in [3.8, 4) is 0 Å². The van der Waals surface area contributed by atoms with Gasteiger partial charge in [0.1, 0.15) is 0 Å². The van der Waals surface area contributed by atoms with Crippen molar-refractivity contribution < 1.29 is 4.52 Å². The van der Waals surface area contributed by atoms with E-state index in [9.17, 15) is 0 Å². The maximum absolute atomic E-state index is 5.15. The van der Waals surface area contributed by atoms with E-state index in [1.54, 1.807) is 0 Å². The van der Waals surface area contributed by atoms with Gasteiger partial charge in [0.25, 0.3) is 0 Å². The highest BCUT2D eigenvalue weighted by molar-refractivity contribution is 7.99. The van der Waals surface area contributed by atoms with Crippen molar-refractivity contribution in [1.82, 2.24) is 15.5 Å². The SMILES string of the molecule is CNC(C)c1nc(CSC(C)(C)C)no1. The first kappa shape index (κ1) is 12.5. The Kier molecular flexibility index (Phi) is 4.16. The topological polar surface area (TPSA) is 51.0 Å². The van der Waals surface area contributed by atoms with E-state index >= 15 is 0 Å². The van der Waals surface area contributed by atoms with Crippen LogP contribution in [0.2, 0.25) is 0 Å². The Morgan fingerprint density at radius 2 is 2.13 bits per heavy atom. The minimum atomic E-state index is 0.117. The van der Waals surface area contributed by atoms with Gasteiger partial charge in [-0.05, 0) is 14.0 Å². The summed E-state index contributed by atoms with van der Waals surface area (Å²) in [6, 6.07) is 0.117. The van der Waals surface area contributed by atoms with Crippen LogP contribution >= 0.6 is 11.8 Å². The molecule has 15 heavy (non-hydrogen) atoms. The Bertz CT molecular complexity index is 306. The molecule has 0 aliphatic heterocycles. The average molecular weight is 229 g/mol. The van der Waals surface area contributed by atoms with Gasteiger partial charge in [0, 0.05) is 4.75 Å². The molecule has 5 heteroatoms. The van der Waals surface area contributed by atoms with Gasteiger partial charge in [0.2, 0.25) is 5.89 Å². The molecule has 0 amide bonds. The van der Waals surface area contributed by atoms with Crippen molar-refractivity contribution in [2.75, 3.05) is 7.05 Å². The minimum absolute atomic E-state index is 0.117. The van der Waals surface area contributed by atoms with Crippen LogP contribution in [-0.2, 0) is 5.75 Å². The van der Waals surface area contributed by atoms with E-state index in [1.807, 2.05) is 25.7 Å². The summed E-state index contributed by atoms with van der Waals surface area (Å²) in [5.41, 5.74) is 0. The largest absolute Gasteiger partial charge is 0.338 e. The van der Waals surface area contributed by atoms with Gasteiger partial charge >= 0.3 is 0 Å². The van der Waals surface area contributed by atoms with Crippen molar-refractivity contribution in [2.45, 2.75) is 44.2 Å². The predicted octanol–water partition coefficient (Wildman–Crippen LogP) is 2.38. The van der Waals surface area contributed by atoms with Crippen molar-refractivity contribution in [2.24, 2.45) is 0 Å². The lowest BCUT2D eigenvalue weighted by Gasteiger charge is -2.15. The number of hydrogen-bond donors (Lipinski definition) is 1. The van der Waals surface area contributed by atoms with Crippen molar-refractivity contribution >= 4 is 11.8 Å². The van der Waals surface area contributed by atoms with Crippen LogP contribution < -0.4 is 5.32 Å². The van der Waals surface area contributed by atoms with Crippen LogP contribution in [0, 0.1) is 0 Å². The van der Waals surface area contributed by atoms with Crippen LogP contribution in [0.3, 0.4) is 0 Å². The van der Waals surface area contributed by atoms with Crippen LogP contribution in [0.4, 0.5) is 0 Å². The Labute approximate surface area is 95.2 Å². The molecule has 0 fully saturated rings. The third-order valence-corrected chi connectivity index (χ3v) is 3.19. The summed E-state index contributed by atoms with van der Waals surface area (Å²) in [5.74, 6) is 2.22. The standard InChI is InChI=1S/C10H19N3OS/c1-7(11-5)9-12-8(13-14-9)6-15-10(2,3)4/h7,11H,6H2,1-5H3. The molecular weight excluding hydrogens is 210 g/mol. The van der Waals surface area contributed by atoms with Gasteiger partial charge in [-0.25, -0.2) is 0 Å². The fourth-order valence-electron chi connectivity index (χ4n) is 0.907. The highest BCUT2D eigenvalue weighted by Crippen LogP contribution is 2.26. The molecule has 1 atom stereocenters. The molecule has 1 aromatic rings. The molecule has 0 saturated heterocycles. The zero-order valence-electron chi connectivity index (χ0n) is 10.00. The second-order valence-corrected chi connectivity index (χ2v) is 6.26. The second-order valence-electron chi connectivity index (χ2n) is 4.46. The molecule has 0 saturated carbocycles. The molecule has 4 nitrogen and oxygen atoms in total. The van der Waals surface area contributed by atoms with Crippen molar-refractivity contribution in [3.05, 3.63) is 11.7 Å². The molecule has 1 unspecified atom stereocenters. The molecule has 0 aliphatic rings. The number of thioether (sulfide) groups is 1. The second kappa shape index (κ2) is 4.99. The van der Waals surface area contributed by atoms with Crippen LogP contribution in [0.25, 0.3) is 0 Å². The summed E-state index contributed by atoms with van der Waals surface area (Å²) in [6.45, 7) is 8.52. The smallest absolute Gasteiger partial charge is 0.243 e. The fourth-order valence-corrected chi connectivity index (χ4v) is 1.59. The van der Waals surface area contributed by atoms with E-state index in [0.717, 1.165) is 11.6 Å². The van der Waals surface area contributed by atoms with Crippen LogP contribution in [0.5, 0.6) is 0 Å². The maximum atomic E-state index is 5.15. The monoisotopic (exact) mass is 229 g/mol. The van der Waals surface area contributed by atoms with Gasteiger partial charge in [-0.15, -0.1) is 11.8 Å². The molecular formula is C10H19N3OS. The van der Waals surface area contributed by atoms with E-state index in [4.69, 9.17) is 4.52 Å². The molecule has 0 spiro atoms. The molecule has 1 aromatic heterocycles. The average Bonchev–Trinajstić information content (AvgIpc) is 2.61. The normalized spacial score (nSPS) is 14.2. The van der Waals surface area contributed by atoms with Gasteiger partial charge in [0.05, 0.1) is 11.8 Å². The first-order valence-corrected chi connectivity index (χ1v) is 6.04. The Balaban J connectivity index is 2.53. The van der Waals surface area contributed by atoms with Crippen molar-refractivity contribution in [1.29, 1.82) is 0 Å². The lowest BCUT2D eigenvalue weighted by molar-refractivity contribution is 0.344. The first-order valence-electron chi connectivity index (χ1n) is 5.06. The molecule has 1 N–H and O–H groups in total. The Morgan fingerprint density at radius 1 is 1.47 bits per heavy atom. The lowest BCUT2D eigenvalue weighted by atomic mass is 10.3. The molecule has 1 heterocycles. The Hall–Kier alpha value is -0.550. The number of nitrogens with one attached hydrogen (secondary N) is 1. The lowest BCUT2D eigenvalue weighted by Crippen LogP contribution is -2.12. The van der Waals surface area contributed by atoms with Gasteiger partial charge in [-0.1, -0.05) is 25.9 Å². The van der Waals surface area contributed by atoms with E-state index in [-0.39, 0.29) is 10.8 Å². The summed E-state index contributed by atoms with van der Waals surface area (Å²) in [5, 5.41) is 7.01. The van der Waals surface area contributed by atoms with E-state index < -0.39 is 0 Å². The highest BCUT2D eigenvalue weighted by atomic mass is 32.2. The Morgan fingerprint density at radius 3 is 2.67 bits per heavy atom. The van der Waals surface area contributed by atoms with Gasteiger partial charge in [-0.2, -0.15) is 4.98 Å². The molecule has 0 bridgehead atoms. The summed E-state index contributed by atoms with van der Waals surface area (Å²) in [6.07, 6.45) is 0. The van der Waals surface area contributed by atoms with Gasteiger partial charge in [0.15, 0.2) is 5.82 Å². The first-order chi connectivity index (χ1) is 6.92. The zero-order valence-corrected chi connectivity index (χ0v) is 10.8. The summed E-state index contributed by atoms with van der Waals surface area (Å²) >= 11 is 1.81. The van der Waals surface area contributed by atoms with Crippen LogP contribution in [-0.4, -0.2) is 21.9 Å². The van der Waals surface area contributed by atoms with Crippen LogP contribution in [0.15, 0.2) is 4.52 Å². The molecule has 0 aromatic carbocycles. The molecule has 0 aliphatic carbocycles. The van der Waals surface area contributed by atoms with E-state index in [0.29, 0.717) is 5.89 Å². The van der Waals surface area contributed by atoms with Gasteiger partial charge < -0.3 is 9.84 Å². The summed E-state index contributed by atoms with van der Waals surface area (Å²) in [4.78, 5) is 4.32. The molecule has 1 rings (SSSR count). The quantitative estimate of drug-likeness (QED) is 0.859. The number of aromatic nitrogens is 2. The minimum Gasteiger partial charge on any atom is -0.338 e. The maximum Gasteiger partial charge on any atom is 0.243 e. The third-order valence-electron chi connectivity index (χ3n) is 1.92. The van der Waals surface area contributed by atoms with E-state index in [2.05, 4.69) is 36.2 Å². The van der Waals surface area contributed by atoms with Gasteiger partial charge in [-0.3, -0.25) is 0 Å². The molecule has 86 valence electrons. The summed E-state index contributed by atoms with van der Waals surface area (Å²) < 4.78 is 5.38. The zero-order chi connectivity index (χ0) is 11.5. The number of nitrogens with zero attached hydrogens (tertiary/aromatic N) is 2. The highest BCUT2D eigenvalue weighted by Gasteiger charge is 2.15. The summed E-state index contributed by atoms with van der Waals surface area (Å²) in [7, 11) is 1.87. The molecule has 0 radical (unpaired) electrons. The predicted molar refractivity (Wildman–Crippen MR) is 62.8 cm³/mol. The number of hydrogen-bond acceptors (Lipinski definition) is 5. The third kappa shape index (κ3) is 4.22.